The van der Waals surface area contributed by atoms with Crippen LogP contribution in [0, 0.1) is 0 Å². The molecule has 0 aliphatic rings. The molecule has 26 heavy (non-hydrogen) atoms. The van der Waals surface area contributed by atoms with E-state index in [4.69, 9.17) is 21.1 Å². The highest BCUT2D eigenvalue weighted by molar-refractivity contribution is 6.34. The molecule has 0 fully saturated rings. The second kappa shape index (κ2) is 7.62. The quantitative estimate of drug-likeness (QED) is 0.676. The maximum atomic E-state index is 12.7. The van der Waals surface area contributed by atoms with Gasteiger partial charge in [-0.05, 0) is 36.6 Å². The molecule has 134 valence electrons. The molecular weight excluding hydrogens is 352 g/mol. The minimum absolute atomic E-state index is 0.266. The van der Waals surface area contributed by atoms with E-state index in [1.54, 1.807) is 20.3 Å². The number of benzene rings is 2. The highest BCUT2D eigenvalue weighted by Gasteiger charge is 2.18. The molecule has 1 amide bonds. The van der Waals surface area contributed by atoms with Crippen LogP contribution in [0.5, 0.6) is 11.5 Å². The van der Waals surface area contributed by atoms with Gasteiger partial charge in [-0.2, -0.15) is 0 Å². The van der Waals surface area contributed by atoms with E-state index in [2.05, 4.69) is 10.3 Å². The van der Waals surface area contributed by atoms with Crippen LogP contribution < -0.4 is 14.8 Å². The van der Waals surface area contributed by atoms with Gasteiger partial charge in [0, 0.05) is 10.9 Å². The first-order valence-corrected chi connectivity index (χ1v) is 8.49. The predicted molar refractivity (Wildman–Crippen MR) is 102 cm³/mol. The van der Waals surface area contributed by atoms with Crippen LogP contribution in [0.4, 0.5) is 0 Å². The second-order valence-electron chi connectivity index (χ2n) is 5.82. The number of nitrogens with zero attached hydrogens (tertiary/aromatic N) is 1. The van der Waals surface area contributed by atoms with Crippen molar-refractivity contribution in [3.05, 3.63) is 64.9 Å². The number of rotatable bonds is 5. The lowest BCUT2D eigenvalue weighted by Gasteiger charge is -2.18. The summed E-state index contributed by atoms with van der Waals surface area (Å²) in [6.07, 6.45) is 0. The molecule has 0 spiro atoms. The topological polar surface area (TPSA) is 60.5 Å². The number of amides is 1. The van der Waals surface area contributed by atoms with E-state index in [0.717, 1.165) is 16.3 Å². The SMILES string of the molecule is COc1ccc(OC)c(C(C)NC(=O)c2cc3ccccc3c(Cl)n2)c1. The molecule has 2 aromatic carbocycles. The molecule has 1 aromatic heterocycles. The van der Waals surface area contributed by atoms with E-state index in [-0.39, 0.29) is 17.6 Å². The summed E-state index contributed by atoms with van der Waals surface area (Å²) in [5, 5.41) is 4.92. The number of aromatic nitrogens is 1. The standard InChI is InChI=1S/C20H19ClN2O3/c1-12(16-11-14(25-2)8-9-18(16)26-3)22-20(24)17-10-13-6-4-5-7-15(13)19(21)23-17/h4-12H,1-3H3,(H,22,24). The number of pyridine rings is 1. The number of halogens is 1. The molecular formula is C20H19ClN2O3. The number of fused-ring (bicyclic) bond motifs is 1. The summed E-state index contributed by atoms with van der Waals surface area (Å²) < 4.78 is 10.6. The summed E-state index contributed by atoms with van der Waals surface area (Å²) in [7, 11) is 3.18. The van der Waals surface area contributed by atoms with Crippen molar-refractivity contribution in [2.24, 2.45) is 0 Å². The fourth-order valence-electron chi connectivity index (χ4n) is 2.80. The van der Waals surface area contributed by atoms with Crippen molar-refractivity contribution in [3.8, 4) is 11.5 Å². The van der Waals surface area contributed by atoms with Gasteiger partial charge >= 0.3 is 0 Å². The van der Waals surface area contributed by atoms with E-state index < -0.39 is 0 Å². The number of hydrogen-bond acceptors (Lipinski definition) is 4. The van der Waals surface area contributed by atoms with Gasteiger partial charge in [-0.25, -0.2) is 4.98 Å². The average Bonchev–Trinajstić information content (AvgIpc) is 2.67. The van der Waals surface area contributed by atoms with Gasteiger partial charge in [-0.1, -0.05) is 35.9 Å². The van der Waals surface area contributed by atoms with Gasteiger partial charge < -0.3 is 14.8 Å². The Labute approximate surface area is 156 Å². The van der Waals surface area contributed by atoms with Crippen LogP contribution in [0.1, 0.15) is 29.0 Å². The summed E-state index contributed by atoms with van der Waals surface area (Å²) in [5.41, 5.74) is 1.08. The van der Waals surface area contributed by atoms with Crippen LogP contribution in [0.2, 0.25) is 5.15 Å². The van der Waals surface area contributed by atoms with E-state index >= 15 is 0 Å². The van der Waals surface area contributed by atoms with Crippen LogP contribution in [-0.4, -0.2) is 25.1 Å². The minimum atomic E-state index is -0.310. The zero-order valence-corrected chi connectivity index (χ0v) is 15.5. The number of methoxy groups -OCH3 is 2. The van der Waals surface area contributed by atoms with E-state index in [1.165, 1.54) is 0 Å². The molecule has 3 rings (SSSR count). The van der Waals surface area contributed by atoms with Crippen LogP contribution in [0.25, 0.3) is 10.8 Å². The third kappa shape index (κ3) is 3.58. The first-order chi connectivity index (χ1) is 12.5. The summed E-state index contributed by atoms with van der Waals surface area (Å²) in [5.74, 6) is 1.05. The molecule has 1 heterocycles. The van der Waals surface area contributed by atoms with Crippen molar-refractivity contribution < 1.29 is 14.3 Å². The lowest BCUT2D eigenvalue weighted by Crippen LogP contribution is -2.27. The molecule has 0 aliphatic carbocycles. The molecule has 1 unspecified atom stereocenters. The van der Waals surface area contributed by atoms with Gasteiger partial charge in [0.15, 0.2) is 0 Å². The molecule has 6 heteroatoms. The molecule has 5 nitrogen and oxygen atoms in total. The molecule has 0 aliphatic heterocycles. The fraction of sp³-hybridized carbons (Fsp3) is 0.200. The molecule has 3 aromatic rings. The Hall–Kier alpha value is -2.79. The molecule has 0 saturated carbocycles. The maximum absolute atomic E-state index is 12.7. The number of ether oxygens (including phenoxy) is 2. The molecule has 0 saturated heterocycles. The Morgan fingerprint density at radius 3 is 2.62 bits per heavy atom. The number of carbonyl (C=O) groups is 1. The van der Waals surface area contributed by atoms with Crippen LogP contribution in [-0.2, 0) is 0 Å². The molecule has 0 radical (unpaired) electrons. The normalized spacial score (nSPS) is 11.8. The first kappa shape index (κ1) is 18.0. The third-order valence-corrected chi connectivity index (χ3v) is 4.47. The number of hydrogen-bond donors (Lipinski definition) is 1. The summed E-state index contributed by atoms with van der Waals surface area (Å²) in [4.78, 5) is 16.9. The van der Waals surface area contributed by atoms with Gasteiger partial charge in [0.25, 0.3) is 5.91 Å². The summed E-state index contributed by atoms with van der Waals surface area (Å²) >= 11 is 6.22. The van der Waals surface area contributed by atoms with E-state index in [1.807, 2.05) is 49.4 Å². The van der Waals surface area contributed by atoms with Crippen LogP contribution in [0.15, 0.2) is 48.5 Å². The second-order valence-corrected chi connectivity index (χ2v) is 6.18. The van der Waals surface area contributed by atoms with E-state index in [0.29, 0.717) is 16.7 Å². The summed E-state index contributed by atoms with van der Waals surface area (Å²) in [6.45, 7) is 1.87. The van der Waals surface area contributed by atoms with Crippen molar-refractivity contribution in [2.75, 3.05) is 14.2 Å². The Morgan fingerprint density at radius 1 is 1.12 bits per heavy atom. The van der Waals surface area contributed by atoms with Crippen LogP contribution in [0.3, 0.4) is 0 Å². The average molecular weight is 371 g/mol. The third-order valence-electron chi connectivity index (χ3n) is 4.18. The van der Waals surface area contributed by atoms with Crippen molar-refractivity contribution in [3.63, 3.8) is 0 Å². The highest BCUT2D eigenvalue weighted by atomic mass is 35.5. The zero-order valence-electron chi connectivity index (χ0n) is 14.7. The Bertz CT molecular complexity index is 959. The first-order valence-electron chi connectivity index (χ1n) is 8.11. The minimum Gasteiger partial charge on any atom is -0.497 e. The largest absolute Gasteiger partial charge is 0.497 e. The number of nitrogens with one attached hydrogen (secondary N) is 1. The van der Waals surface area contributed by atoms with E-state index in [9.17, 15) is 4.79 Å². The Morgan fingerprint density at radius 2 is 1.88 bits per heavy atom. The lowest BCUT2D eigenvalue weighted by atomic mass is 10.1. The molecule has 1 atom stereocenters. The van der Waals surface area contributed by atoms with Gasteiger partial charge in [0.1, 0.15) is 22.3 Å². The monoisotopic (exact) mass is 370 g/mol. The Kier molecular flexibility index (Phi) is 5.28. The van der Waals surface area contributed by atoms with Crippen LogP contribution >= 0.6 is 11.6 Å². The van der Waals surface area contributed by atoms with Gasteiger partial charge in [-0.15, -0.1) is 0 Å². The highest BCUT2D eigenvalue weighted by Crippen LogP contribution is 2.29. The number of carbonyl (C=O) groups excluding carboxylic acids is 1. The summed E-state index contributed by atoms with van der Waals surface area (Å²) in [6, 6.07) is 14.4. The van der Waals surface area contributed by atoms with Gasteiger partial charge in [0.05, 0.1) is 20.3 Å². The molecule has 0 bridgehead atoms. The smallest absolute Gasteiger partial charge is 0.270 e. The molecule has 1 N–H and O–H groups in total. The van der Waals surface area contributed by atoms with Crippen molar-refractivity contribution >= 4 is 28.3 Å². The van der Waals surface area contributed by atoms with Crippen molar-refractivity contribution in [2.45, 2.75) is 13.0 Å². The van der Waals surface area contributed by atoms with Crippen molar-refractivity contribution in [1.82, 2.24) is 10.3 Å². The predicted octanol–water partition coefficient (Wildman–Crippen LogP) is 4.40. The lowest BCUT2D eigenvalue weighted by molar-refractivity contribution is 0.0934. The van der Waals surface area contributed by atoms with Crippen molar-refractivity contribution in [1.29, 1.82) is 0 Å². The zero-order chi connectivity index (χ0) is 18.7. The van der Waals surface area contributed by atoms with Gasteiger partial charge in [0.2, 0.25) is 0 Å². The Balaban J connectivity index is 1.88. The maximum Gasteiger partial charge on any atom is 0.270 e. The van der Waals surface area contributed by atoms with Gasteiger partial charge in [-0.3, -0.25) is 4.79 Å². The fourth-order valence-corrected chi connectivity index (χ4v) is 3.06.